The van der Waals surface area contributed by atoms with Gasteiger partial charge >= 0.3 is 0 Å². The standard InChI is InChI=1S/C23H22BrNO3/c1-23(2)16-6-4-3-5-15(16)21(26)20-19-17(25-22(20)23)11-13(24)12-18(19)28-14-7-9-27-10-8-14/h3-6,11-12,14,25H,7-10H2,1-2H3. The molecule has 0 atom stereocenters. The molecule has 3 aromatic rings. The number of rotatable bonds is 2. The van der Waals surface area contributed by atoms with E-state index in [0.717, 1.165) is 56.4 Å². The maximum atomic E-state index is 13.5. The molecule has 1 aliphatic carbocycles. The van der Waals surface area contributed by atoms with Crippen LogP contribution in [0.1, 0.15) is 53.9 Å². The Hall–Kier alpha value is -2.11. The van der Waals surface area contributed by atoms with Crippen molar-refractivity contribution >= 4 is 32.6 Å². The lowest BCUT2D eigenvalue weighted by Crippen LogP contribution is -2.30. The van der Waals surface area contributed by atoms with E-state index in [4.69, 9.17) is 9.47 Å². The number of carbonyl (C=O) groups is 1. The summed E-state index contributed by atoms with van der Waals surface area (Å²) in [4.78, 5) is 17.0. The molecular weight excluding hydrogens is 418 g/mol. The number of halogens is 1. The third kappa shape index (κ3) is 2.64. The zero-order valence-corrected chi connectivity index (χ0v) is 17.6. The highest BCUT2D eigenvalue weighted by Crippen LogP contribution is 2.46. The molecule has 5 rings (SSSR count). The zero-order chi connectivity index (χ0) is 19.5. The van der Waals surface area contributed by atoms with Crippen LogP contribution in [-0.4, -0.2) is 30.1 Å². The lowest BCUT2D eigenvalue weighted by atomic mass is 9.71. The second kappa shape index (κ2) is 6.46. The summed E-state index contributed by atoms with van der Waals surface area (Å²) in [5, 5.41) is 0.886. The molecule has 1 saturated heterocycles. The molecule has 2 aromatic carbocycles. The van der Waals surface area contributed by atoms with Crippen LogP contribution in [0.3, 0.4) is 0 Å². The van der Waals surface area contributed by atoms with Gasteiger partial charge in [0.05, 0.1) is 29.7 Å². The Morgan fingerprint density at radius 3 is 2.71 bits per heavy atom. The third-order valence-electron chi connectivity index (χ3n) is 5.99. The molecule has 0 spiro atoms. The van der Waals surface area contributed by atoms with Gasteiger partial charge in [0.2, 0.25) is 0 Å². The molecule has 0 radical (unpaired) electrons. The normalized spacial score (nSPS) is 18.8. The van der Waals surface area contributed by atoms with Crippen molar-refractivity contribution in [3.8, 4) is 5.75 Å². The molecule has 0 saturated carbocycles. The molecule has 28 heavy (non-hydrogen) atoms. The minimum Gasteiger partial charge on any atom is -0.489 e. The fourth-order valence-corrected chi connectivity index (χ4v) is 4.95. The van der Waals surface area contributed by atoms with Gasteiger partial charge in [-0.05, 0) is 17.7 Å². The minimum atomic E-state index is -0.290. The van der Waals surface area contributed by atoms with E-state index in [9.17, 15) is 4.79 Å². The summed E-state index contributed by atoms with van der Waals surface area (Å²) in [6.07, 6.45) is 1.84. The lowest BCUT2D eigenvalue weighted by molar-refractivity contribution is 0.0261. The van der Waals surface area contributed by atoms with Gasteiger partial charge in [0.25, 0.3) is 0 Å². The van der Waals surface area contributed by atoms with Crippen molar-refractivity contribution in [2.75, 3.05) is 13.2 Å². The van der Waals surface area contributed by atoms with E-state index in [1.807, 2.05) is 30.3 Å². The van der Waals surface area contributed by atoms with Crippen LogP contribution in [0.15, 0.2) is 40.9 Å². The van der Waals surface area contributed by atoms with Crippen molar-refractivity contribution in [3.05, 3.63) is 63.3 Å². The van der Waals surface area contributed by atoms with Gasteiger partial charge in [-0.25, -0.2) is 0 Å². The highest BCUT2D eigenvalue weighted by molar-refractivity contribution is 9.10. The second-order valence-corrected chi connectivity index (χ2v) is 9.05. The van der Waals surface area contributed by atoms with E-state index in [2.05, 4.69) is 40.8 Å². The molecule has 1 N–H and O–H groups in total. The van der Waals surface area contributed by atoms with E-state index in [1.54, 1.807) is 0 Å². The second-order valence-electron chi connectivity index (χ2n) is 8.13. The average Bonchev–Trinajstić information content (AvgIpc) is 3.08. The minimum absolute atomic E-state index is 0.0651. The zero-order valence-electron chi connectivity index (χ0n) is 16.0. The van der Waals surface area contributed by atoms with E-state index >= 15 is 0 Å². The SMILES string of the molecule is CC1(C)c2ccccc2C(=O)c2c1[nH]c1cc(Br)cc(OC3CCOCC3)c21. The summed E-state index contributed by atoms with van der Waals surface area (Å²) in [6, 6.07) is 11.9. The lowest BCUT2D eigenvalue weighted by Gasteiger charge is -2.32. The molecule has 2 heterocycles. The number of ether oxygens (including phenoxy) is 2. The van der Waals surface area contributed by atoms with Gasteiger partial charge in [0.15, 0.2) is 5.78 Å². The molecule has 1 aromatic heterocycles. The number of aromatic amines is 1. The number of H-pyrrole nitrogens is 1. The van der Waals surface area contributed by atoms with Crippen molar-refractivity contribution in [3.63, 3.8) is 0 Å². The molecule has 0 bridgehead atoms. The fourth-order valence-electron chi connectivity index (χ4n) is 4.52. The van der Waals surface area contributed by atoms with Crippen molar-refractivity contribution in [2.45, 2.75) is 38.2 Å². The van der Waals surface area contributed by atoms with Gasteiger partial charge < -0.3 is 14.5 Å². The van der Waals surface area contributed by atoms with Gasteiger partial charge in [-0.15, -0.1) is 0 Å². The van der Waals surface area contributed by atoms with Gasteiger partial charge in [-0.3, -0.25) is 4.79 Å². The highest BCUT2D eigenvalue weighted by atomic mass is 79.9. The number of benzene rings is 2. The number of ketones is 1. The van der Waals surface area contributed by atoms with Gasteiger partial charge in [0.1, 0.15) is 11.9 Å². The van der Waals surface area contributed by atoms with E-state index < -0.39 is 0 Å². The summed E-state index contributed by atoms with van der Waals surface area (Å²) in [7, 11) is 0. The van der Waals surface area contributed by atoms with Crippen molar-refractivity contribution < 1.29 is 14.3 Å². The van der Waals surface area contributed by atoms with Crippen LogP contribution in [0, 0.1) is 0 Å². The fraction of sp³-hybridized carbons (Fsp3) is 0.348. The molecular formula is C23H22BrNO3. The van der Waals surface area contributed by atoms with Crippen molar-refractivity contribution in [1.29, 1.82) is 0 Å². The maximum Gasteiger partial charge on any atom is 0.195 e. The maximum absolute atomic E-state index is 13.5. The van der Waals surface area contributed by atoms with Crippen LogP contribution < -0.4 is 4.74 Å². The largest absolute Gasteiger partial charge is 0.489 e. The molecule has 0 amide bonds. The Morgan fingerprint density at radius 2 is 1.93 bits per heavy atom. The monoisotopic (exact) mass is 439 g/mol. The molecule has 1 fully saturated rings. The van der Waals surface area contributed by atoms with Gasteiger partial charge in [-0.2, -0.15) is 0 Å². The molecule has 2 aliphatic rings. The molecule has 1 aliphatic heterocycles. The number of aromatic nitrogens is 1. The Labute approximate surface area is 172 Å². The summed E-state index contributed by atoms with van der Waals surface area (Å²) in [5.41, 5.74) is 4.18. The van der Waals surface area contributed by atoms with E-state index in [1.165, 1.54) is 0 Å². The highest BCUT2D eigenvalue weighted by Gasteiger charge is 2.40. The Morgan fingerprint density at radius 1 is 1.18 bits per heavy atom. The number of hydrogen-bond acceptors (Lipinski definition) is 3. The third-order valence-corrected chi connectivity index (χ3v) is 6.44. The first-order valence-corrected chi connectivity index (χ1v) is 10.5. The Balaban J connectivity index is 1.73. The van der Waals surface area contributed by atoms with Gasteiger partial charge in [-0.1, -0.05) is 54.0 Å². The molecule has 4 nitrogen and oxygen atoms in total. The average molecular weight is 440 g/mol. The van der Waals surface area contributed by atoms with Crippen LogP contribution in [0.5, 0.6) is 5.75 Å². The first kappa shape index (κ1) is 18.0. The topological polar surface area (TPSA) is 51.3 Å². The summed E-state index contributed by atoms with van der Waals surface area (Å²) in [5.74, 6) is 0.827. The predicted molar refractivity (Wildman–Crippen MR) is 112 cm³/mol. The van der Waals surface area contributed by atoms with Crippen LogP contribution in [0.2, 0.25) is 0 Å². The first-order valence-electron chi connectivity index (χ1n) is 9.71. The number of nitrogens with one attached hydrogen (secondary N) is 1. The van der Waals surface area contributed by atoms with Crippen LogP contribution in [0.4, 0.5) is 0 Å². The predicted octanol–water partition coefficient (Wildman–Crippen LogP) is 5.36. The van der Waals surface area contributed by atoms with Crippen molar-refractivity contribution in [1.82, 2.24) is 4.98 Å². The van der Waals surface area contributed by atoms with E-state index in [0.29, 0.717) is 13.2 Å². The van der Waals surface area contributed by atoms with Crippen LogP contribution in [0.25, 0.3) is 10.9 Å². The summed E-state index contributed by atoms with van der Waals surface area (Å²) < 4.78 is 12.8. The molecule has 144 valence electrons. The summed E-state index contributed by atoms with van der Waals surface area (Å²) >= 11 is 3.60. The smallest absolute Gasteiger partial charge is 0.195 e. The number of fused-ring (bicyclic) bond motifs is 4. The number of carbonyl (C=O) groups excluding carboxylic acids is 1. The quantitative estimate of drug-likeness (QED) is 0.584. The van der Waals surface area contributed by atoms with Gasteiger partial charge in [0, 0.05) is 34.0 Å². The summed E-state index contributed by atoms with van der Waals surface area (Å²) in [6.45, 7) is 5.76. The van der Waals surface area contributed by atoms with E-state index in [-0.39, 0.29) is 17.3 Å². The molecule has 5 heteroatoms. The van der Waals surface area contributed by atoms with Crippen LogP contribution in [-0.2, 0) is 10.2 Å². The molecule has 0 unspecified atom stereocenters. The Kier molecular flexibility index (Phi) is 4.14. The van der Waals surface area contributed by atoms with Crippen molar-refractivity contribution in [2.24, 2.45) is 0 Å². The number of hydrogen-bond donors (Lipinski definition) is 1. The first-order chi connectivity index (χ1) is 13.5. The van der Waals surface area contributed by atoms with Crippen LogP contribution >= 0.6 is 15.9 Å². The Bertz CT molecular complexity index is 1090.